The summed E-state index contributed by atoms with van der Waals surface area (Å²) in [4.78, 5) is 19.0. The maximum atomic E-state index is 12.6. The Morgan fingerprint density at radius 3 is 3.09 bits per heavy atom. The number of hydrogen-bond donors (Lipinski definition) is 1. The SMILES string of the molecule is COCc1csc(NC(=O)N2C[C@@H]3C[C@H]4C[C@H]3[C@@H]2[C@H]4OC)n1. The van der Waals surface area contributed by atoms with E-state index in [1.54, 1.807) is 14.2 Å². The van der Waals surface area contributed by atoms with Gasteiger partial charge in [-0.2, -0.15) is 0 Å². The Morgan fingerprint density at radius 1 is 1.45 bits per heavy atom. The fourth-order valence-electron chi connectivity index (χ4n) is 4.70. The molecule has 2 aliphatic carbocycles. The molecular formula is C15H21N3O3S. The summed E-state index contributed by atoms with van der Waals surface area (Å²) in [5.41, 5.74) is 0.847. The number of hydrogen-bond acceptors (Lipinski definition) is 5. The largest absolute Gasteiger partial charge is 0.379 e. The Morgan fingerprint density at radius 2 is 2.32 bits per heavy atom. The van der Waals surface area contributed by atoms with Gasteiger partial charge in [0.1, 0.15) is 0 Å². The molecule has 4 rings (SSSR count). The number of likely N-dealkylation sites (tertiary alicyclic amines) is 1. The van der Waals surface area contributed by atoms with Crippen molar-refractivity contribution in [2.45, 2.75) is 31.6 Å². The maximum absolute atomic E-state index is 12.6. The number of amides is 2. The van der Waals surface area contributed by atoms with Crippen molar-refractivity contribution >= 4 is 22.5 Å². The highest BCUT2D eigenvalue weighted by molar-refractivity contribution is 7.13. The van der Waals surface area contributed by atoms with E-state index in [4.69, 9.17) is 9.47 Å². The predicted molar refractivity (Wildman–Crippen MR) is 82.8 cm³/mol. The molecule has 6 nitrogen and oxygen atoms in total. The zero-order chi connectivity index (χ0) is 15.3. The van der Waals surface area contributed by atoms with Gasteiger partial charge in [-0.05, 0) is 30.6 Å². The molecule has 0 spiro atoms. The van der Waals surface area contributed by atoms with Crippen molar-refractivity contribution in [2.24, 2.45) is 17.8 Å². The summed E-state index contributed by atoms with van der Waals surface area (Å²) in [7, 11) is 3.41. The van der Waals surface area contributed by atoms with Crippen molar-refractivity contribution in [1.82, 2.24) is 9.88 Å². The van der Waals surface area contributed by atoms with Crippen LogP contribution in [0.4, 0.5) is 9.93 Å². The van der Waals surface area contributed by atoms with Crippen LogP contribution in [0.3, 0.4) is 0 Å². The smallest absolute Gasteiger partial charge is 0.324 e. The van der Waals surface area contributed by atoms with Crippen molar-refractivity contribution in [3.8, 4) is 0 Å². The van der Waals surface area contributed by atoms with E-state index in [-0.39, 0.29) is 18.2 Å². The standard InChI is InChI=1S/C15H21N3O3S/c1-20-6-10-7-22-14(16-10)17-15(19)18-5-9-3-8-4-11(9)12(18)13(8)21-2/h7-9,11-13H,3-6H2,1-2H3,(H,16,17,19)/t8-,9-,11+,12+,13-/m0/s1. The number of thiazole rings is 1. The van der Waals surface area contributed by atoms with Gasteiger partial charge in [0.25, 0.3) is 0 Å². The van der Waals surface area contributed by atoms with Crippen LogP contribution in [0.2, 0.25) is 0 Å². The van der Waals surface area contributed by atoms with Crippen LogP contribution >= 0.6 is 11.3 Å². The van der Waals surface area contributed by atoms with Gasteiger partial charge >= 0.3 is 6.03 Å². The lowest BCUT2D eigenvalue weighted by atomic mass is 9.88. The number of methoxy groups -OCH3 is 2. The molecule has 2 heterocycles. The monoisotopic (exact) mass is 323 g/mol. The minimum absolute atomic E-state index is 0.0413. The molecule has 1 aromatic rings. The molecule has 120 valence electrons. The van der Waals surface area contributed by atoms with Gasteiger partial charge in [-0.1, -0.05) is 0 Å². The van der Waals surface area contributed by atoms with Crippen molar-refractivity contribution in [2.75, 3.05) is 26.1 Å². The Balaban J connectivity index is 1.46. The van der Waals surface area contributed by atoms with E-state index < -0.39 is 0 Å². The maximum Gasteiger partial charge on any atom is 0.324 e. The Hall–Kier alpha value is -1.18. The summed E-state index contributed by atoms with van der Waals surface area (Å²) < 4.78 is 10.7. The first kappa shape index (κ1) is 14.4. The van der Waals surface area contributed by atoms with E-state index in [1.165, 1.54) is 24.2 Å². The van der Waals surface area contributed by atoms with Gasteiger partial charge in [0, 0.05) is 26.1 Å². The molecule has 5 atom stereocenters. The summed E-state index contributed by atoms with van der Waals surface area (Å²) in [6, 6.07) is 0.201. The van der Waals surface area contributed by atoms with Crippen LogP contribution in [0.15, 0.2) is 5.38 Å². The fraction of sp³-hybridized carbons (Fsp3) is 0.733. The second kappa shape index (κ2) is 5.47. The van der Waals surface area contributed by atoms with Gasteiger partial charge < -0.3 is 14.4 Å². The molecule has 22 heavy (non-hydrogen) atoms. The molecular weight excluding hydrogens is 302 g/mol. The molecule has 0 unspecified atom stereocenters. The topological polar surface area (TPSA) is 63.7 Å². The number of carbonyl (C=O) groups is 1. The van der Waals surface area contributed by atoms with Crippen molar-refractivity contribution in [3.63, 3.8) is 0 Å². The van der Waals surface area contributed by atoms with Crippen LogP contribution in [0, 0.1) is 17.8 Å². The number of ether oxygens (including phenoxy) is 2. The van der Waals surface area contributed by atoms with Crippen molar-refractivity contribution in [3.05, 3.63) is 11.1 Å². The number of nitrogens with one attached hydrogen (secondary N) is 1. The van der Waals surface area contributed by atoms with Crippen LogP contribution in [-0.4, -0.2) is 48.8 Å². The normalized spacial score (nSPS) is 35.4. The number of nitrogens with zero attached hydrogens (tertiary/aromatic N) is 2. The Kier molecular flexibility index (Phi) is 3.58. The summed E-state index contributed by atoms with van der Waals surface area (Å²) in [5, 5.41) is 5.49. The third-order valence-corrected chi connectivity index (χ3v) is 6.21. The average Bonchev–Trinajstić information content (AvgIpc) is 3.20. The lowest BCUT2D eigenvalue weighted by Gasteiger charge is -2.31. The highest BCUT2D eigenvalue weighted by Crippen LogP contribution is 2.55. The molecule has 1 N–H and O–H groups in total. The minimum atomic E-state index is -0.0413. The number of fused-ring (bicyclic) bond motifs is 1. The Bertz CT molecular complexity index is 576. The first-order valence-corrected chi connectivity index (χ1v) is 8.63. The van der Waals surface area contributed by atoms with Gasteiger partial charge in [-0.15, -0.1) is 11.3 Å². The molecule has 2 saturated carbocycles. The summed E-state index contributed by atoms with van der Waals surface area (Å²) in [6.45, 7) is 1.32. The molecule has 2 amide bonds. The number of anilines is 1. The molecule has 0 radical (unpaired) electrons. The van der Waals surface area contributed by atoms with E-state index in [0.29, 0.717) is 29.5 Å². The van der Waals surface area contributed by atoms with Gasteiger partial charge in [0.05, 0.1) is 24.4 Å². The molecule has 1 aliphatic heterocycles. The first-order valence-electron chi connectivity index (χ1n) is 7.75. The lowest BCUT2D eigenvalue weighted by Crippen LogP contribution is -2.46. The van der Waals surface area contributed by atoms with Crippen LogP contribution < -0.4 is 5.32 Å². The average molecular weight is 323 g/mol. The zero-order valence-electron chi connectivity index (χ0n) is 12.8. The van der Waals surface area contributed by atoms with E-state index >= 15 is 0 Å². The van der Waals surface area contributed by atoms with E-state index in [9.17, 15) is 4.79 Å². The molecule has 7 heteroatoms. The van der Waals surface area contributed by atoms with Crippen LogP contribution in [0.5, 0.6) is 0 Å². The summed E-state index contributed by atoms with van der Waals surface area (Å²) in [6.07, 6.45) is 2.63. The quantitative estimate of drug-likeness (QED) is 0.922. The third kappa shape index (κ3) is 2.14. The number of aromatic nitrogens is 1. The van der Waals surface area contributed by atoms with E-state index in [1.807, 2.05) is 10.3 Å². The zero-order valence-corrected chi connectivity index (χ0v) is 13.6. The molecule has 3 fully saturated rings. The second-order valence-electron chi connectivity index (χ2n) is 6.51. The summed E-state index contributed by atoms with van der Waals surface area (Å²) in [5.74, 6) is 1.92. The second-order valence-corrected chi connectivity index (χ2v) is 7.36. The summed E-state index contributed by atoms with van der Waals surface area (Å²) >= 11 is 1.44. The highest BCUT2D eigenvalue weighted by Gasteiger charge is 2.60. The molecule has 1 aromatic heterocycles. The van der Waals surface area contributed by atoms with Gasteiger partial charge in [-0.3, -0.25) is 5.32 Å². The lowest BCUT2D eigenvalue weighted by molar-refractivity contribution is 0.0202. The third-order valence-electron chi connectivity index (χ3n) is 5.41. The van der Waals surface area contributed by atoms with Gasteiger partial charge in [0.2, 0.25) is 0 Å². The number of urea groups is 1. The molecule has 2 bridgehead atoms. The predicted octanol–water partition coefficient (Wildman–Crippen LogP) is 2.18. The van der Waals surface area contributed by atoms with E-state index in [2.05, 4.69) is 10.3 Å². The number of carbonyl (C=O) groups excluding carboxylic acids is 1. The first-order chi connectivity index (χ1) is 10.7. The van der Waals surface area contributed by atoms with Crippen molar-refractivity contribution in [1.29, 1.82) is 0 Å². The highest BCUT2D eigenvalue weighted by atomic mass is 32.1. The number of rotatable bonds is 4. The minimum Gasteiger partial charge on any atom is -0.379 e. The van der Waals surface area contributed by atoms with Gasteiger partial charge in [-0.25, -0.2) is 9.78 Å². The van der Waals surface area contributed by atoms with Crippen LogP contribution in [0.1, 0.15) is 18.5 Å². The fourth-order valence-corrected chi connectivity index (χ4v) is 5.38. The van der Waals surface area contributed by atoms with E-state index in [0.717, 1.165) is 12.2 Å². The van der Waals surface area contributed by atoms with Crippen LogP contribution in [-0.2, 0) is 16.1 Å². The van der Waals surface area contributed by atoms with Gasteiger partial charge in [0.15, 0.2) is 5.13 Å². The molecule has 3 aliphatic rings. The van der Waals surface area contributed by atoms with Crippen LogP contribution in [0.25, 0.3) is 0 Å². The molecule has 1 saturated heterocycles. The molecule has 0 aromatic carbocycles. The Labute approximate surface area is 133 Å². The van der Waals surface area contributed by atoms with Crippen molar-refractivity contribution < 1.29 is 14.3 Å².